The fourth-order valence-electron chi connectivity index (χ4n) is 4.37. The maximum Gasteiger partial charge on any atom is 0.209 e. The normalized spacial score (nSPS) is 14.1. The van der Waals surface area contributed by atoms with E-state index in [0.717, 1.165) is 25.7 Å². The molecule has 0 aliphatic rings. The molecule has 0 nitrogen and oxygen atoms in total. The van der Waals surface area contributed by atoms with E-state index in [1.54, 1.807) is 0 Å². The maximum absolute atomic E-state index is 6.85. The van der Waals surface area contributed by atoms with Crippen molar-refractivity contribution in [2.24, 2.45) is 0 Å². The third kappa shape index (κ3) is 19.2. The van der Waals surface area contributed by atoms with Gasteiger partial charge in [0, 0.05) is 0 Å². The van der Waals surface area contributed by atoms with Crippen LogP contribution in [0.15, 0.2) is 0 Å². The van der Waals surface area contributed by atoms with Crippen LogP contribution in [0.1, 0.15) is 162 Å². The molecule has 31 heavy (non-hydrogen) atoms. The van der Waals surface area contributed by atoms with Gasteiger partial charge in [0.1, 0.15) is 0 Å². The average Bonchev–Trinajstić information content (AvgIpc) is 2.72. The SMILES string of the molecule is CCCCCCCCCCCCCC(Cl)(CCCCCCCCCCCC)C(Cl)(Cl)Cl. The molecule has 0 aromatic carbocycles. The van der Waals surface area contributed by atoms with Gasteiger partial charge in [0.15, 0.2) is 0 Å². The fourth-order valence-corrected chi connectivity index (χ4v) is 5.20. The Bertz CT molecular complexity index is 367. The largest absolute Gasteiger partial charge is 0.209 e. The molecule has 0 bridgehead atoms. The molecule has 0 radical (unpaired) electrons. The first-order valence-corrected chi connectivity index (χ1v) is 15.1. The molecule has 0 N–H and O–H groups in total. The molecule has 0 aromatic rings. The average molecular weight is 519 g/mol. The van der Waals surface area contributed by atoms with Crippen molar-refractivity contribution in [3.05, 3.63) is 0 Å². The summed E-state index contributed by atoms with van der Waals surface area (Å²) in [4.78, 5) is -0.711. The smallest absolute Gasteiger partial charge is 0.115 e. The summed E-state index contributed by atoms with van der Waals surface area (Å²) >= 11 is 25.7. The van der Waals surface area contributed by atoms with Crippen molar-refractivity contribution >= 4 is 46.4 Å². The number of hydrogen-bond donors (Lipinski definition) is 0. The van der Waals surface area contributed by atoms with E-state index in [-0.39, 0.29) is 0 Å². The van der Waals surface area contributed by atoms with E-state index in [2.05, 4.69) is 13.8 Å². The molecule has 0 spiro atoms. The van der Waals surface area contributed by atoms with Crippen molar-refractivity contribution in [2.75, 3.05) is 0 Å². The molecule has 0 amide bonds. The second kappa shape index (κ2) is 21.7. The standard InChI is InChI=1S/C27H52Cl4/c1-3-5-7-9-11-13-15-17-19-21-23-25-26(28,27(29,30)31)24-22-20-18-16-14-12-10-8-6-4-2/h3-25H2,1-2H3. The minimum Gasteiger partial charge on any atom is -0.115 e. The number of halogens is 4. The van der Waals surface area contributed by atoms with Crippen molar-refractivity contribution in [2.45, 2.75) is 170 Å². The highest BCUT2D eigenvalue weighted by Crippen LogP contribution is 2.49. The van der Waals surface area contributed by atoms with Crippen molar-refractivity contribution in [3.8, 4) is 0 Å². The van der Waals surface area contributed by atoms with Crippen LogP contribution in [0, 0.1) is 0 Å². The number of rotatable bonds is 23. The lowest BCUT2D eigenvalue weighted by Gasteiger charge is -2.34. The lowest BCUT2D eigenvalue weighted by atomic mass is 9.94. The molecule has 1 atom stereocenters. The number of hydrogen-bond acceptors (Lipinski definition) is 0. The first-order chi connectivity index (χ1) is 14.9. The Labute approximate surface area is 215 Å². The van der Waals surface area contributed by atoms with E-state index in [1.165, 1.54) is 122 Å². The Hall–Kier alpha value is 1.16. The summed E-state index contributed by atoms with van der Waals surface area (Å²) in [6.45, 7) is 4.54. The van der Waals surface area contributed by atoms with Gasteiger partial charge in [0.2, 0.25) is 3.79 Å². The Morgan fingerprint density at radius 3 is 0.806 bits per heavy atom. The molecule has 0 fully saturated rings. The molecule has 0 aliphatic heterocycles. The van der Waals surface area contributed by atoms with Crippen LogP contribution in [-0.2, 0) is 0 Å². The van der Waals surface area contributed by atoms with Crippen LogP contribution < -0.4 is 0 Å². The third-order valence-corrected chi connectivity index (χ3v) is 8.65. The van der Waals surface area contributed by atoms with Crippen LogP contribution in [-0.4, -0.2) is 8.67 Å². The van der Waals surface area contributed by atoms with Gasteiger partial charge in [-0.15, -0.1) is 11.6 Å². The Balaban J connectivity index is 3.79. The summed E-state index contributed by atoms with van der Waals surface area (Å²) in [5.74, 6) is 0. The Morgan fingerprint density at radius 2 is 0.581 bits per heavy atom. The van der Waals surface area contributed by atoms with E-state index < -0.39 is 8.67 Å². The van der Waals surface area contributed by atoms with E-state index >= 15 is 0 Å². The van der Waals surface area contributed by atoms with Gasteiger partial charge in [-0.05, 0) is 12.8 Å². The van der Waals surface area contributed by atoms with Gasteiger partial charge in [-0.2, -0.15) is 0 Å². The van der Waals surface area contributed by atoms with Crippen LogP contribution in [0.2, 0.25) is 0 Å². The highest BCUT2D eigenvalue weighted by Gasteiger charge is 2.45. The van der Waals surface area contributed by atoms with Gasteiger partial charge in [-0.25, -0.2) is 0 Å². The highest BCUT2D eigenvalue weighted by molar-refractivity contribution is 6.71. The first kappa shape index (κ1) is 32.2. The molecular weight excluding hydrogens is 466 g/mol. The van der Waals surface area contributed by atoms with Crippen LogP contribution in [0.5, 0.6) is 0 Å². The van der Waals surface area contributed by atoms with Crippen molar-refractivity contribution in [1.29, 1.82) is 0 Å². The van der Waals surface area contributed by atoms with Crippen molar-refractivity contribution < 1.29 is 0 Å². The molecule has 0 rings (SSSR count). The zero-order valence-corrected chi connectivity index (χ0v) is 23.8. The molecule has 0 aliphatic carbocycles. The second-order valence-corrected chi connectivity index (χ2v) is 12.7. The van der Waals surface area contributed by atoms with Gasteiger partial charge in [0.25, 0.3) is 0 Å². The zero-order chi connectivity index (χ0) is 23.3. The monoisotopic (exact) mass is 516 g/mol. The summed E-state index contributed by atoms with van der Waals surface area (Å²) in [6, 6.07) is 0. The number of alkyl halides is 4. The molecule has 1 unspecified atom stereocenters. The lowest BCUT2D eigenvalue weighted by Crippen LogP contribution is -2.37. The quantitative estimate of drug-likeness (QED) is 0.0932. The van der Waals surface area contributed by atoms with Crippen LogP contribution >= 0.6 is 46.4 Å². The van der Waals surface area contributed by atoms with Crippen LogP contribution in [0.25, 0.3) is 0 Å². The minimum absolute atomic E-state index is 0.711. The second-order valence-electron chi connectivity index (χ2n) is 9.68. The molecule has 188 valence electrons. The summed E-state index contributed by atoms with van der Waals surface area (Å²) in [5.41, 5.74) is 0. The highest BCUT2D eigenvalue weighted by atomic mass is 35.6. The zero-order valence-electron chi connectivity index (χ0n) is 20.8. The summed E-state index contributed by atoms with van der Waals surface area (Å²) in [6.07, 6.45) is 29.3. The van der Waals surface area contributed by atoms with Gasteiger partial charge in [0.05, 0.1) is 4.87 Å². The molecule has 0 saturated heterocycles. The van der Waals surface area contributed by atoms with E-state index in [1.807, 2.05) is 0 Å². The predicted octanol–water partition coefficient (Wildman–Crippen LogP) is 12.3. The van der Waals surface area contributed by atoms with Crippen molar-refractivity contribution in [1.82, 2.24) is 0 Å². The minimum atomic E-state index is -1.38. The molecule has 0 saturated carbocycles. The summed E-state index contributed by atoms with van der Waals surface area (Å²) in [7, 11) is 0. The maximum atomic E-state index is 6.85. The predicted molar refractivity (Wildman–Crippen MR) is 146 cm³/mol. The summed E-state index contributed by atoms with van der Waals surface area (Å²) < 4.78 is -1.38. The summed E-state index contributed by atoms with van der Waals surface area (Å²) in [5, 5.41) is 0. The lowest BCUT2D eigenvalue weighted by molar-refractivity contribution is 0.435. The van der Waals surface area contributed by atoms with Gasteiger partial charge < -0.3 is 0 Å². The molecule has 0 heterocycles. The van der Waals surface area contributed by atoms with Crippen LogP contribution in [0.3, 0.4) is 0 Å². The molecule has 0 aromatic heterocycles. The van der Waals surface area contributed by atoms with E-state index in [9.17, 15) is 0 Å². The fraction of sp³-hybridized carbons (Fsp3) is 1.00. The number of unbranched alkanes of at least 4 members (excludes halogenated alkanes) is 19. The van der Waals surface area contributed by atoms with Crippen LogP contribution in [0.4, 0.5) is 0 Å². The van der Waals surface area contributed by atoms with Gasteiger partial charge >= 0.3 is 0 Å². The third-order valence-electron chi connectivity index (χ3n) is 6.61. The molecule has 4 heteroatoms. The van der Waals surface area contributed by atoms with Crippen molar-refractivity contribution in [3.63, 3.8) is 0 Å². The Kier molecular flexibility index (Phi) is 22.5. The van der Waals surface area contributed by atoms with E-state index in [4.69, 9.17) is 46.4 Å². The molecular formula is C27H52Cl4. The Morgan fingerprint density at radius 1 is 0.355 bits per heavy atom. The topological polar surface area (TPSA) is 0 Å². The first-order valence-electron chi connectivity index (χ1n) is 13.6. The van der Waals surface area contributed by atoms with Gasteiger partial charge in [-0.3, -0.25) is 0 Å². The van der Waals surface area contributed by atoms with E-state index in [0.29, 0.717) is 0 Å². The van der Waals surface area contributed by atoms with Gasteiger partial charge in [-0.1, -0.05) is 183 Å².